The zero-order valence-corrected chi connectivity index (χ0v) is 15.2. The molecule has 0 aliphatic heterocycles. The van der Waals surface area contributed by atoms with Crippen LogP contribution in [0.3, 0.4) is 0 Å². The summed E-state index contributed by atoms with van der Waals surface area (Å²) in [5, 5.41) is 3.34. The zero-order valence-electron chi connectivity index (χ0n) is 13.7. The second-order valence-electron chi connectivity index (χ2n) is 5.11. The van der Waals surface area contributed by atoms with Gasteiger partial charge >= 0.3 is 0 Å². The lowest BCUT2D eigenvalue weighted by molar-refractivity contribution is -0.126. The van der Waals surface area contributed by atoms with E-state index in [9.17, 15) is 9.59 Å². The Morgan fingerprint density at radius 3 is 2.48 bits per heavy atom. The summed E-state index contributed by atoms with van der Waals surface area (Å²) in [5.74, 6) is -0.262. The van der Waals surface area contributed by atoms with E-state index in [0.717, 1.165) is 5.69 Å². The maximum Gasteiger partial charge on any atom is 0.258 e. The molecule has 0 saturated carbocycles. The number of halogens is 2. The molecule has 1 N–H and O–H groups in total. The highest BCUT2D eigenvalue weighted by Crippen LogP contribution is 2.27. The lowest BCUT2D eigenvalue weighted by Gasteiger charge is -2.21. The summed E-state index contributed by atoms with van der Waals surface area (Å²) < 4.78 is 5.33. The number of ether oxygens (including phenoxy) is 1. The molecular formula is C18H18Cl2N2O3. The average Bonchev–Trinajstić information content (AvgIpc) is 2.61. The van der Waals surface area contributed by atoms with Gasteiger partial charge in [-0.05, 0) is 37.3 Å². The topological polar surface area (TPSA) is 58.6 Å². The molecular weight excluding hydrogens is 363 g/mol. The van der Waals surface area contributed by atoms with Crippen molar-refractivity contribution in [1.82, 2.24) is 5.32 Å². The first-order chi connectivity index (χ1) is 12.0. The number of amides is 2. The standard InChI is InChI=1S/C18H18Cl2N2O3/c1-2-22(14-6-4-3-5-7-14)18(24)11-21-17(23)12-25-16-9-8-13(19)10-15(16)20/h3-10H,2,11-12H2,1H3,(H,21,23). The molecule has 0 fully saturated rings. The molecule has 5 nitrogen and oxygen atoms in total. The van der Waals surface area contributed by atoms with Crippen molar-refractivity contribution < 1.29 is 14.3 Å². The third kappa shape index (κ3) is 5.66. The van der Waals surface area contributed by atoms with Crippen LogP contribution in [0.5, 0.6) is 5.75 Å². The van der Waals surface area contributed by atoms with Gasteiger partial charge in [0.2, 0.25) is 5.91 Å². The van der Waals surface area contributed by atoms with E-state index in [0.29, 0.717) is 22.3 Å². The van der Waals surface area contributed by atoms with Crippen molar-refractivity contribution in [2.75, 3.05) is 24.6 Å². The summed E-state index contributed by atoms with van der Waals surface area (Å²) >= 11 is 11.8. The number of likely N-dealkylation sites (N-methyl/N-ethyl adjacent to an activating group) is 1. The Morgan fingerprint density at radius 2 is 1.84 bits per heavy atom. The molecule has 0 heterocycles. The summed E-state index contributed by atoms with van der Waals surface area (Å²) in [4.78, 5) is 25.7. The fourth-order valence-corrected chi connectivity index (χ4v) is 2.63. The van der Waals surface area contributed by atoms with Gasteiger partial charge in [-0.2, -0.15) is 0 Å². The first-order valence-electron chi connectivity index (χ1n) is 7.71. The normalized spacial score (nSPS) is 10.2. The van der Waals surface area contributed by atoms with E-state index in [2.05, 4.69) is 5.32 Å². The Balaban J connectivity index is 1.83. The molecule has 2 rings (SSSR count). The van der Waals surface area contributed by atoms with E-state index >= 15 is 0 Å². The highest BCUT2D eigenvalue weighted by molar-refractivity contribution is 6.35. The van der Waals surface area contributed by atoms with Crippen molar-refractivity contribution in [3.63, 3.8) is 0 Å². The Morgan fingerprint density at radius 1 is 1.12 bits per heavy atom. The van der Waals surface area contributed by atoms with Crippen LogP contribution in [0.4, 0.5) is 5.69 Å². The minimum absolute atomic E-state index is 0.112. The quantitative estimate of drug-likeness (QED) is 0.798. The van der Waals surface area contributed by atoms with Crippen LogP contribution in [0, 0.1) is 0 Å². The number of benzene rings is 2. The maximum atomic E-state index is 12.3. The number of carbonyl (C=O) groups excluding carboxylic acids is 2. The van der Waals surface area contributed by atoms with Crippen molar-refractivity contribution >= 4 is 40.7 Å². The Labute approximate surface area is 156 Å². The number of anilines is 1. The number of nitrogens with zero attached hydrogens (tertiary/aromatic N) is 1. The molecule has 0 aliphatic carbocycles. The molecule has 0 aromatic heterocycles. The molecule has 0 unspecified atom stereocenters. The van der Waals surface area contributed by atoms with Gasteiger partial charge in [0.25, 0.3) is 5.91 Å². The van der Waals surface area contributed by atoms with Crippen molar-refractivity contribution in [1.29, 1.82) is 0 Å². The van der Waals surface area contributed by atoms with Gasteiger partial charge in [0.15, 0.2) is 6.61 Å². The van der Waals surface area contributed by atoms with Crippen molar-refractivity contribution in [2.45, 2.75) is 6.92 Å². The van der Waals surface area contributed by atoms with Gasteiger partial charge < -0.3 is 15.0 Å². The van der Waals surface area contributed by atoms with Crippen LogP contribution in [0.15, 0.2) is 48.5 Å². The van der Waals surface area contributed by atoms with E-state index < -0.39 is 5.91 Å². The van der Waals surface area contributed by atoms with Crippen LogP contribution < -0.4 is 15.0 Å². The lowest BCUT2D eigenvalue weighted by atomic mass is 10.3. The highest BCUT2D eigenvalue weighted by atomic mass is 35.5. The number of para-hydroxylation sites is 1. The molecule has 7 heteroatoms. The van der Waals surface area contributed by atoms with Crippen molar-refractivity contribution in [2.24, 2.45) is 0 Å². The molecule has 0 atom stereocenters. The molecule has 0 bridgehead atoms. The predicted molar refractivity (Wildman–Crippen MR) is 99.4 cm³/mol. The summed E-state index contributed by atoms with van der Waals surface area (Å²) in [7, 11) is 0. The van der Waals surface area contributed by atoms with Crippen LogP contribution in [-0.4, -0.2) is 31.5 Å². The fourth-order valence-electron chi connectivity index (χ4n) is 2.17. The molecule has 2 aromatic carbocycles. The summed E-state index contributed by atoms with van der Waals surface area (Å²) in [6.45, 7) is 2.03. The summed E-state index contributed by atoms with van der Waals surface area (Å²) in [6, 6.07) is 14.0. The number of nitrogens with one attached hydrogen (secondary N) is 1. The minimum Gasteiger partial charge on any atom is -0.482 e. The van der Waals surface area contributed by atoms with Gasteiger partial charge in [0.05, 0.1) is 11.6 Å². The van der Waals surface area contributed by atoms with E-state index in [1.165, 1.54) is 6.07 Å². The fraction of sp³-hybridized carbons (Fsp3) is 0.222. The van der Waals surface area contributed by atoms with E-state index in [4.69, 9.17) is 27.9 Å². The van der Waals surface area contributed by atoms with Gasteiger partial charge in [-0.15, -0.1) is 0 Å². The first-order valence-corrected chi connectivity index (χ1v) is 8.46. The summed E-state index contributed by atoms with van der Waals surface area (Å²) in [5.41, 5.74) is 0.786. The number of hydrogen-bond acceptors (Lipinski definition) is 3. The van der Waals surface area contributed by atoms with Gasteiger partial charge in [-0.25, -0.2) is 0 Å². The molecule has 25 heavy (non-hydrogen) atoms. The average molecular weight is 381 g/mol. The van der Waals surface area contributed by atoms with Crippen molar-refractivity contribution in [3.05, 3.63) is 58.6 Å². The lowest BCUT2D eigenvalue weighted by Crippen LogP contribution is -2.41. The second kappa shape index (κ2) is 9.30. The van der Waals surface area contributed by atoms with E-state index in [-0.39, 0.29) is 19.1 Å². The number of carbonyl (C=O) groups is 2. The Bertz CT molecular complexity index is 738. The molecule has 0 saturated heterocycles. The SMILES string of the molecule is CCN(C(=O)CNC(=O)COc1ccc(Cl)cc1Cl)c1ccccc1. The maximum absolute atomic E-state index is 12.3. The largest absolute Gasteiger partial charge is 0.482 e. The highest BCUT2D eigenvalue weighted by Gasteiger charge is 2.15. The minimum atomic E-state index is -0.413. The molecule has 0 radical (unpaired) electrons. The van der Waals surface area contributed by atoms with Crippen LogP contribution >= 0.6 is 23.2 Å². The predicted octanol–water partition coefficient (Wildman–Crippen LogP) is 3.54. The third-order valence-electron chi connectivity index (χ3n) is 3.37. The third-order valence-corrected chi connectivity index (χ3v) is 3.91. The smallest absolute Gasteiger partial charge is 0.258 e. The molecule has 2 aromatic rings. The monoisotopic (exact) mass is 380 g/mol. The Kier molecular flexibility index (Phi) is 7.10. The molecule has 132 valence electrons. The van der Waals surface area contributed by atoms with Crippen LogP contribution in [0.1, 0.15) is 6.92 Å². The number of hydrogen-bond donors (Lipinski definition) is 1. The molecule has 2 amide bonds. The van der Waals surface area contributed by atoms with Crippen molar-refractivity contribution in [3.8, 4) is 5.75 Å². The van der Waals surface area contributed by atoms with Crippen LogP contribution in [0.25, 0.3) is 0 Å². The second-order valence-corrected chi connectivity index (χ2v) is 5.96. The van der Waals surface area contributed by atoms with Gasteiger partial charge in [-0.1, -0.05) is 41.4 Å². The summed E-state index contributed by atoms with van der Waals surface area (Å²) in [6.07, 6.45) is 0. The van der Waals surface area contributed by atoms with E-state index in [1.54, 1.807) is 17.0 Å². The number of rotatable bonds is 7. The first kappa shape index (κ1) is 19.1. The van der Waals surface area contributed by atoms with Gasteiger partial charge in [0.1, 0.15) is 5.75 Å². The zero-order chi connectivity index (χ0) is 18.2. The molecule has 0 spiro atoms. The van der Waals surface area contributed by atoms with E-state index in [1.807, 2.05) is 37.3 Å². The Hall–Kier alpha value is -2.24. The molecule has 0 aliphatic rings. The van der Waals surface area contributed by atoms with Gasteiger partial charge in [0, 0.05) is 17.3 Å². The van der Waals surface area contributed by atoms with Crippen LogP contribution in [0.2, 0.25) is 10.0 Å². The van der Waals surface area contributed by atoms with Crippen LogP contribution in [-0.2, 0) is 9.59 Å². The van der Waals surface area contributed by atoms with Gasteiger partial charge in [-0.3, -0.25) is 9.59 Å².